The topological polar surface area (TPSA) is 43.8 Å². The van der Waals surface area contributed by atoms with Crippen LogP contribution in [0.3, 0.4) is 0 Å². The quantitative estimate of drug-likeness (QED) is 0.832. The number of anilines is 2. The van der Waals surface area contributed by atoms with E-state index in [4.69, 9.17) is 5.11 Å². The van der Waals surface area contributed by atoms with Crippen molar-refractivity contribution in [3.63, 3.8) is 0 Å². The highest BCUT2D eigenvalue weighted by Gasteiger charge is 2.15. The van der Waals surface area contributed by atoms with Crippen molar-refractivity contribution in [1.82, 2.24) is 0 Å². The zero-order chi connectivity index (χ0) is 15.3. The molecule has 1 rings (SSSR count). The number of nitrogens with zero attached hydrogens (tertiary/aromatic N) is 2. The fourth-order valence-electron chi connectivity index (χ4n) is 2.44. The molecule has 0 heterocycles. The zero-order valence-corrected chi connectivity index (χ0v) is 13.2. The van der Waals surface area contributed by atoms with Crippen LogP contribution in [0.5, 0.6) is 0 Å². The van der Waals surface area contributed by atoms with Gasteiger partial charge in [-0.1, -0.05) is 6.92 Å². The lowest BCUT2D eigenvalue weighted by molar-refractivity contribution is -0.140. The highest BCUT2D eigenvalue weighted by molar-refractivity contribution is 5.71. The molecule has 0 saturated heterocycles. The Labute approximate surface area is 122 Å². The van der Waals surface area contributed by atoms with Crippen LogP contribution in [0.25, 0.3) is 0 Å². The average molecular weight is 278 g/mol. The Morgan fingerprint density at radius 2 is 1.90 bits per heavy atom. The summed E-state index contributed by atoms with van der Waals surface area (Å²) < 4.78 is 0. The zero-order valence-electron chi connectivity index (χ0n) is 13.2. The third-order valence-corrected chi connectivity index (χ3v) is 3.69. The van der Waals surface area contributed by atoms with Crippen LogP contribution < -0.4 is 9.80 Å². The molecule has 1 unspecified atom stereocenters. The van der Waals surface area contributed by atoms with Gasteiger partial charge in [0, 0.05) is 38.1 Å². The van der Waals surface area contributed by atoms with Crippen molar-refractivity contribution < 1.29 is 9.90 Å². The number of aryl methyl sites for hydroxylation is 1. The van der Waals surface area contributed by atoms with Gasteiger partial charge >= 0.3 is 5.97 Å². The van der Waals surface area contributed by atoms with Crippen LogP contribution in [0.1, 0.15) is 26.3 Å². The maximum absolute atomic E-state index is 10.9. The second kappa shape index (κ2) is 7.17. The summed E-state index contributed by atoms with van der Waals surface area (Å²) in [5, 5.41) is 8.99. The van der Waals surface area contributed by atoms with Gasteiger partial charge in [-0.05, 0) is 44.5 Å². The Morgan fingerprint density at radius 1 is 1.30 bits per heavy atom. The Hall–Kier alpha value is -1.71. The summed E-state index contributed by atoms with van der Waals surface area (Å²) in [4.78, 5) is 15.3. The molecule has 4 heteroatoms. The Morgan fingerprint density at radius 3 is 2.35 bits per heavy atom. The number of rotatable bonds is 7. The molecule has 1 aromatic carbocycles. The van der Waals surface area contributed by atoms with E-state index in [1.165, 1.54) is 11.3 Å². The molecule has 0 aliphatic carbocycles. The summed E-state index contributed by atoms with van der Waals surface area (Å²) in [6.45, 7) is 10.6. The molecule has 0 aromatic heterocycles. The molecule has 0 spiro atoms. The van der Waals surface area contributed by atoms with Gasteiger partial charge in [-0.3, -0.25) is 4.79 Å². The van der Waals surface area contributed by atoms with Crippen molar-refractivity contribution in [3.05, 3.63) is 23.8 Å². The first-order valence-electron chi connectivity index (χ1n) is 7.20. The lowest BCUT2D eigenvalue weighted by Gasteiger charge is -2.26. The number of carbonyl (C=O) groups is 1. The van der Waals surface area contributed by atoms with Crippen molar-refractivity contribution >= 4 is 17.3 Å². The van der Waals surface area contributed by atoms with Crippen LogP contribution in [0.15, 0.2) is 18.2 Å². The Bertz CT molecular complexity index is 456. The fourth-order valence-corrected chi connectivity index (χ4v) is 2.44. The molecule has 1 atom stereocenters. The average Bonchev–Trinajstić information content (AvgIpc) is 2.39. The summed E-state index contributed by atoms with van der Waals surface area (Å²) in [6, 6.07) is 6.36. The second-order valence-corrected chi connectivity index (χ2v) is 5.26. The number of benzene rings is 1. The standard InChI is InChI=1S/C16H26N2O2/c1-6-18(7-2)14-8-9-15(12(3)10-14)17(5)11-13(4)16(19)20/h8-10,13H,6-7,11H2,1-5H3,(H,19,20). The van der Waals surface area contributed by atoms with E-state index in [1.54, 1.807) is 6.92 Å². The summed E-state index contributed by atoms with van der Waals surface area (Å²) in [5.74, 6) is -1.13. The molecular formula is C16H26N2O2. The van der Waals surface area contributed by atoms with Gasteiger partial charge in [0.05, 0.1) is 5.92 Å². The van der Waals surface area contributed by atoms with Crippen molar-refractivity contribution in [3.8, 4) is 0 Å². The predicted octanol–water partition coefficient (Wildman–Crippen LogP) is 3.00. The van der Waals surface area contributed by atoms with Crippen LogP contribution in [0.2, 0.25) is 0 Å². The minimum atomic E-state index is -0.755. The maximum atomic E-state index is 10.9. The summed E-state index contributed by atoms with van der Waals surface area (Å²) >= 11 is 0. The first-order valence-corrected chi connectivity index (χ1v) is 7.20. The monoisotopic (exact) mass is 278 g/mol. The van der Waals surface area contributed by atoms with Gasteiger partial charge in [0.25, 0.3) is 0 Å². The van der Waals surface area contributed by atoms with E-state index in [0.29, 0.717) is 6.54 Å². The molecule has 0 aliphatic rings. The van der Waals surface area contributed by atoms with Gasteiger partial charge in [0.1, 0.15) is 0 Å². The van der Waals surface area contributed by atoms with E-state index in [9.17, 15) is 4.79 Å². The summed E-state index contributed by atoms with van der Waals surface area (Å²) in [7, 11) is 1.94. The molecule has 1 aromatic rings. The molecule has 0 aliphatic heterocycles. The van der Waals surface area contributed by atoms with E-state index >= 15 is 0 Å². The normalized spacial score (nSPS) is 12.1. The lowest BCUT2D eigenvalue weighted by Crippen LogP contribution is -2.29. The van der Waals surface area contributed by atoms with Gasteiger partial charge in [0.15, 0.2) is 0 Å². The van der Waals surface area contributed by atoms with E-state index < -0.39 is 5.97 Å². The molecule has 1 N–H and O–H groups in total. The van der Waals surface area contributed by atoms with Gasteiger partial charge in [0.2, 0.25) is 0 Å². The molecule has 112 valence electrons. The van der Waals surface area contributed by atoms with E-state index in [0.717, 1.165) is 18.8 Å². The minimum Gasteiger partial charge on any atom is -0.481 e. The van der Waals surface area contributed by atoms with Gasteiger partial charge in [-0.25, -0.2) is 0 Å². The smallest absolute Gasteiger partial charge is 0.308 e. The number of aliphatic carboxylic acids is 1. The first-order chi connectivity index (χ1) is 9.40. The van der Waals surface area contributed by atoms with Crippen molar-refractivity contribution in [2.24, 2.45) is 5.92 Å². The number of hydrogen-bond donors (Lipinski definition) is 1. The molecule has 4 nitrogen and oxygen atoms in total. The molecule has 0 saturated carbocycles. The second-order valence-electron chi connectivity index (χ2n) is 5.26. The SMILES string of the molecule is CCN(CC)c1ccc(N(C)CC(C)C(=O)O)c(C)c1. The van der Waals surface area contributed by atoms with Gasteiger partial charge in [-0.2, -0.15) is 0 Å². The predicted molar refractivity (Wildman–Crippen MR) is 84.8 cm³/mol. The van der Waals surface area contributed by atoms with Crippen molar-refractivity contribution in [1.29, 1.82) is 0 Å². The highest BCUT2D eigenvalue weighted by atomic mass is 16.4. The van der Waals surface area contributed by atoms with Crippen LogP contribution in [-0.2, 0) is 4.79 Å². The first kappa shape index (κ1) is 16.3. The van der Waals surface area contributed by atoms with E-state index in [-0.39, 0.29) is 5.92 Å². The van der Waals surface area contributed by atoms with Crippen LogP contribution in [-0.4, -0.2) is 37.8 Å². The van der Waals surface area contributed by atoms with Gasteiger partial charge in [-0.15, -0.1) is 0 Å². The largest absolute Gasteiger partial charge is 0.481 e. The molecular weight excluding hydrogens is 252 g/mol. The molecule has 0 amide bonds. The maximum Gasteiger partial charge on any atom is 0.308 e. The van der Waals surface area contributed by atoms with Crippen LogP contribution in [0, 0.1) is 12.8 Å². The van der Waals surface area contributed by atoms with E-state index in [2.05, 4.69) is 43.9 Å². The molecule has 0 fully saturated rings. The van der Waals surface area contributed by atoms with Crippen molar-refractivity contribution in [2.45, 2.75) is 27.7 Å². The number of carboxylic acids is 1. The Balaban J connectivity index is 2.89. The Kier molecular flexibility index (Phi) is 5.86. The molecule has 0 radical (unpaired) electrons. The fraction of sp³-hybridized carbons (Fsp3) is 0.562. The number of carboxylic acid groups (broad SMARTS) is 1. The summed E-state index contributed by atoms with van der Waals surface area (Å²) in [6.07, 6.45) is 0. The molecule has 0 bridgehead atoms. The third-order valence-electron chi connectivity index (χ3n) is 3.69. The van der Waals surface area contributed by atoms with Gasteiger partial charge < -0.3 is 14.9 Å². The van der Waals surface area contributed by atoms with Crippen molar-refractivity contribution in [2.75, 3.05) is 36.5 Å². The van der Waals surface area contributed by atoms with Crippen LogP contribution >= 0.6 is 0 Å². The third kappa shape index (κ3) is 3.89. The van der Waals surface area contributed by atoms with E-state index in [1.807, 2.05) is 11.9 Å². The lowest BCUT2D eigenvalue weighted by atomic mass is 10.1. The summed E-state index contributed by atoms with van der Waals surface area (Å²) in [5.41, 5.74) is 3.49. The molecule has 20 heavy (non-hydrogen) atoms. The number of hydrogen-bond acceptors (Lipinski definition) is 3. The highest BCUT2D eigenvalue weighted by Crippen LogP contribution is 2.25. The minimum absolute atomic E-state index is 0.373. The van der Waals surface area contributed by atoms with Crippen LogP contribution in [0.4, 0.5) is 11.4 Å².